The van der Waals surface area contributed by atoms with Gasteiger partial charge in [0.25, 0.3) is 0 Å². The normalized spacial score (nSPS) is 14.4. The summed E-state index contributed by atoms with van der Waals surface area (Å²) >= 11 is 0. The molecule has 0 heterocycles. The minimum atomic E-state index is -0.330. The molecular formula is C15H25FN2. The van der Waals surface area contributed by atoms with Gasteiger partial charge in [0.15, 0.2) is 0 Å². The van der Waals surface area contributed by atoms with Crippen molar-refractivity contribution in [3.63, 3.8) is 0 Å². The summed E-state index contributed by atoms with van der Waals surface area (Å²) in [6.45, 7) is 10.7. The molecule has 0 atom stereocenters. The first-order valence-corrected chi connectivity index (χ1v) is 6.42. The minimum absolute atomic E-state index is 0.330. The second kappa shape index (κ2) is 9.66. The molecule has 0 unspecified atom stereocenters. The van der Waals surface area contributed by atoms with Gasteiger partial charge in [-0.25, -0.2) is 4.39 Å². The SMILES string of the molecule is C=CC(/C(F)=C\C)=C(\N)CNC/C(=C/CC)CC. The predicted octanol–water partition coefficient (Wildman–Crippen LogP) is 3.59. The zero-order chi connectivity index (χ0) is 14.0. The molecule has 3 N–H and O–H groups in total. The van der Waals surface area contributed by atoms with E-state index in [9.17, 15) is 4.39 Å². The maximum Gasteiger partial charge on any atom is 0.127 e. The summed E-state index contributed by atoms with van der Waals surface area (Å²) in [6.07, 6.45) is 7.09. The lowest BCUT2D eigenvalue weighted by Gasteiger charge is -2.10. The second-order valence-electron chi connectivity index (χ2n) is 4.01. The minimum Gasteiger partial charge on any atom is -0.400 e. The lowest BCUT2D eigenvalue weighted by Crippen LogP contribution is -2.24. The van der Waals surface area contributed by atoms with Crippen molar-refractivity contribution in [2.75, 3.05) is 13.1 Å². The van der Waals surface area contributed by atoms with Crippen LogP contribution in [-0.4, -0.2) is 13.1 Å². The lowest BCUT2D eigenvalue weighted by atomic mass is 10.1. The van der Waals surface area contributed by atoms with Crippen molar-refractivity contribution in [2.45, 2.75) is 33.6 Å². The van der Waals surface area contributed by atoms with Crippen LogP contribution in [0.25, 0.3) is 0 Å². The number of nitrogens with two attached hydrogens (primary N) is 1. The molecule has 0 aliphatic rings. The summed E-state index contributed by atoms with van der Waals surface area (Å²) in [4.78, 5) is 0. The monoisotopic (exact) mass is 252 g/mol. The summed E-state index contributed by atoms with van der Waals surface area (Å²) in [7, 11) is 0. The van der Waals surface area contributed by atoms with Gasteiger partial charge in [-0.15, -0.1) is 0 Å². The van der Waals surface area contributed by atoms with E-state index in [-0.39, 0.29) is 5.83 Å². The number of rotatable bonds is 8. The molecular weight excluding hydrogens is 227 g/mol. The first-order chi connectivity index (χ1) is 8.60. The molecule has 2 nitrogen and oxygen atoms in total. The van der Waals surface area contributed by atoms with E-state index in [0.717, 1.165) is 19.4 Å². The summed E-state index contributed by atoms with van der Waals surface area (Å²) < 4.78 is 13.4. The van der Waals surface area contributed by atoms with Crippen molar-refractivity contribution >= 4 is 0 Å². The van der Waals surface area contributed by atoms with Crippen LogP contribution in [0.15, 0.2) is 47.5 Å². The Morgan fingerprint density at radius 3 is 2.44 bits per heavy atom. The van der Waals surface area contributed by atoms with Gasteiger partial charge in [0.2, 0.25) is 0 Å². The molecule has 0 aliphatic carbocycles. The van der Waals surface area contributed by atoms with Crippen molar-refractivity contribution in [1.29, 1.82) is 0 Å². The van der Waals surface area contributed by atoms with E-state index in [4.69, 9.17) is 5.73 Å². The van der Waals surface area contributed by atoms with E-state index in [1.165, 1.54) is 17.7 Å². The number of allylic oxidation sites excluding steroid dienone is 5. The number of hydrogen-bond donors (Lipinski definition) is 2. The molecule has 0 saturated heterocycles. The molecule has 0 radical (unpaired) electrons. The third-order valence-electron chi connectivity index (χ3n) is 2.68. The fraction of sp³-hybridized carbons (Fsp3) is 0.467. The van der Waals surface area contributed by atoms with Crippen molar-refractivity contribution < 1.29 is 4.39 Å². The first kappa shape index (κ1) is 16.6. The average molecular weight is 252 g/mol. The highest BCUT2D eigenvalue weighted by Gasteiger charge is 2.05. The maximum atomic E-state index is 13.4. The van der Waals surface area contributed by atoms with Gasteiger partial charge >= 0.3 is 0 Å². The summed E-state index contributed by atoms with van der Waals surface area (Å²) in [6, 6.07) is 0. The summed E-state index contributed by atoms with van der Waals surface area (Å²) in [5.41, 5.74) is 8.05. The van der Waals surface area contributed by atoms with Crippen molar-refractivity contribution in [3.05, 3.63) is 47.5 Å². The molecule has 0 rings (SSSR count). The molecule has 0 saturated carbocycles. The number of hydrogen-bond acceptors (Lipinski definition) is 2. The molecule has 0 fully saturated rings. The highest BCUT2D eigenvalue weighted by atomic mass is 19.1. The maximum absolute atomic E-state index is 13.4. The molecule has 0 amide bonds. The quantitative estimate of drug-likeness (QED) is 0.512. The fourth-order valence-electron chi connectivity index (χ4n) is 1.62. The van der Waals surface area contributed by atoms with Gasteiger partial charge in [-0.05, 0) is 19.8 Å². The van der Waals surface area contributed by atoms with Crippen LogP contribution in [-0.2, 0) is 0 Å². The van der Waals surface area contributed by atoms with Crippen LogP contribution < -0.4 is 11.1 Å². The highest BCUT2D eigenvalue weighted by Crippen LogP contribution is 2.14. The molecule has 0 aromatic rings. The van der Waals surface area contributed by atoms with Crippen LogP contribution in [0.5, 0.6) is 0 Å². The Kier molecular flexibility index (Phi) is 8.93. The topological polar surface area (TPSA) is 38.0 Å². The van der Waals surface area contributed by atoms with Gasteiger partial charge in [0, 0.05) is 24.4 Å². The van der Waals surface area contributed by atoms with E-state index in [1.54, 1.807) is 6.92 Å². The van der Waals surface area contributed by atoms with Crippen LogP contribution in [0, 0.1) is 0 Å². The van der Waals surface area contributed by atoms with Gasteiger partial charge in [-0.3, -0.25) is 0 Å². The largest absolute Gasteiger partial charge is 0.400 e. The van der Waals surface area contributed by atoms with Crippen LogP contribution in [0.1, 0.15) is 33.6 Å². The first-order valence-electron chi connectivity index (χ1n) is 6.42. The van der Waals surface area contributed by atoms with Gasteiger partial charge in [-0.1, -0.05) is 44.2 Å². The zero-order valence-corrected chi connectivity index (χ0v) is 11.7. The molecule has 0 aromatic carbocycles. The van der Waals surface area contributed by atoms with E-state index < -0.39 is 0 Å². The lowest BCUT2D eigenvalue weighted by molar-refractivity contribution is 0.648. The van der Waals surface area contributed by atoms with Crippen LogP contribution in [0.2, 0.25) is 0 Å². The molecule has 0 aromatic heterocycles. The molecule has 0 bridgehead atoms. The number of halogens is 1. The van der Waals surface area contributed by atoms with Crippen LogP contribution >= 0.6 is 0 Å². The standard InChI is InChI=1S/C15H25FN2/c1-5-9-12(6-2)10-18-11-15(17)13(7-3)14(16)8-4/h7-9,18H,3,5-6,10-11,17H2,1-2,4H3/b12-9+,14-8+,15-13+. The smallest absolute Gasteiger partial charge is 0.127 e. The zero-order valence-electron chi connectivity index (χ0n) is 11.7. The average Bonchev–Trinajstić information content (AvgIpc) is 2.38. The molecule has 0 spiro atoms. The van der Waals surface area contributed by atoms with Gasteiger partial charge in [0.05, 0.1) is 0 Å². The Hall–Kier alpha value is -1.35. The second-order valence-corrected chi connectivity index (χ2v) is 4.01. The fourth-order valence-corrected chi connectivity index (χ4v) is 1.62. The number of nitrogens with one attached hydrogen (secondary N) is 1. The Morgan fingerprint density at radius 1 is 1.33 bits per heavy atom. The predicted molar refractivity (Wildman–Crippen MR) is 77.8 cm³/mol. The summed E-state index contributed by atoms with van der Waals surface area (Å²) in [5, 5.41) is 3.22. The van der Waals surface area contributed by atoms with Gasteiger partial charge < -0.3 is 11.1 Å². The molecule has 3 heteroatoms. The van der Waals surface area contributed by atoms with E-state index >= 15 is 0 Å². The molecule has 18 heavy (non-hydrogen) atoms. The van der Waals surface area contributed by atoms with Crippen molar-refractivity contribution in [2.24, 2.45) is 5.73 Å². The third-order valence-corrected chi connectivity index (χ3v) is 2.68. The highest BCUT2D eigenvalue weighted by molar-refractivity contribution is 5.38. The molecule has 102 valence electrons. The Morgan fingerprint density at radius 2 is 2.00 bits per heavy atom. The Labute approximate surface area is 110 Å². The van der Waals surface area contributed by atoms with Gasteiger partial charge in [-0.2, -0.15) is 0 Å². The van der Waals surface area contributed by atoms with Crippen molar-refractivity contribution in [3.8, 4) is 0 Å². The molecule has 0 aliphatic heterocycles. The van der Waals surface area contributed by atoms with E-state index in [0.29, 0.717) is 17.8 Å². The van der Waals surface area contributed by atoms with Crippen LogP contribution in [0.3, 0.4) is 0 Å². The van der Waals surface area contributed by atoms with Gasteiger partial charge in [0.1, 0.15) is 5.83 Å². The third kappa shape index (κ3) is 5.82. The van der Waals surface area contributed by atoms with E-state index in [1.807, 2.05) is 0 Å². The Bertz CT molecular complexity index is 352. The summed E-state index contributed by atoms with van der Waals surface area (Å²) in [5.74, 6) is -0.330. The van der Waals surface area contributed by atoms with E-state index in [2.05, 4.69) is 31.8 Å². The Balaban J connectivity index is 4.49. The van der Waals surface area contributed by atoms with Crippen LogP contribution in [0.4, 0.5) is 4.39 Å². The van der Waals surface area contributed by atoms with Crippen molar-refractivity contribution in [1.82, 2.24) is 5.32 Å².